The minimum absolute atomic E-state index is 0.0881. The van der Waals surface area contributed by atoms with Gasteiger partial charge in [-0.05, 0) is 37.6 Å². The highest BCUT2D eigenvalue weighted by Gasteiger charge is 2.32. The number of hydrogen-bond acceptors (Lipinski definition) is 11. The first-order chi connectivity index (χ1) is 21.4. The van der Waals surface area contributed by atoms with Crippen molar-refractivity contribution in [1.29, 1.82) is 0 Å². The van der Waals surface area contributed by atoms with Gasteiger partial charge in [-0.15, -0.1) is 0 Å². The van der Waals surface area contributed by atoms with E-state index < -0.39 is 61.4 Å². The minimum atomic E-state index is -1.91. The maximum Gasteiger partial charge on any atom is 0.319 e. The monoisotopic (exact) mass is 643 g/mol. The second-order valence-corrected chi connectivity index (χ2v) is 10.1. The van der Waals surface area contributed by atoms with Crippen LogP contribution in [0.1, 0.15) is 19.4 Å². The van der Waals surface area contributed by atoms with E-state index in [2.05, 4.69) is 0 Å². The number of ether oxygens (including phenoxy) is 3. The molecule has 0 fully saturated rings. The topological polar surface area (TPSA) is 224 Å². The summed E-state index contributed by atoms with van der Waals surface area (Å²) in [5.74, 6) is -8.21. The van der Waals surface area contributed by atoms with E-state index in [1.54, 1.807) is 41.0 Å². The number of benzene rings is 1. The van der Waals surface area contributed by atoms with Crippen LogP contribution in [0.25, 0.3) is 0 Å². The van der Waals surface area contributed by atoms with Crippen LogP contribution < -0.4 is 4.74 Å². The molecule has 1 atom stereocenters. The van der Waals surface area contributed by atoms with Gasteiger partial charge in [0, 0.05) is 38.8 Å². The lowest BCUT2D eigenvalue weighted by Crippen LogP contribution is -2.52. The SMILES string of the molecule is CCOCCOCCOc1ccc(CC(CN(CC(=O)O)CC(C(=O)O)C(=O)O)N(CCN(CC)CC(=O)O)CC(=O)O)cc1. The molecule has 1 aromatic rings. The molecule has 0 aromatic heterocycles. The molecule has 0 spiro atoms. The first kappa shape index (κ1) is 39.2. The summed E-state index contributed by atoms with van der Waals surface area (Å²) in [5, 5.41) is 47.2. The van der Waals surface area contributed by atoms with Crippen LogP contribution in [0.4, 0.5) is 0 Å². The highest BCUT2D eigenvalue weighted by Crippen LogP contribution is 2.17. The zero-order valence-corrected chi connectivity index (χ0v) is 25.7. The summed E-state index contributed by atoms with van der Waals surface area (Å²) < 4.78 is 16.3. The summed E-state index contributed by atoms with van der Waals surface area (Å²) in [6.45, 7) is 4.21. The Morgan fingerprint density at radius 2 is 1.24 bits per heavy atom. The molecule has 0 amide bonds. The van der Waals surface area contributed by atoms with Crippen molar-refractivity contribution in [1.82, 2.24) is 14.7 Å². The number of likely N-dealkylation sites (N-methyl/N-ethyl adjacent to an activating group) is 1. The largest absolute Gasteiger partial charge is 0.491 e. The van der Waals surface area contributed by atoms with Gasteiger partial charge in [-0.1, -0.05) is 19.1 Å². The van der Waals surface area contributed by atoms with E-state index in [4.69, 9.17) is 14.2 Å². The molecule has 0 aliphatic heterocycles. The molecular weight excluding hydrogens is 598 g/mol. The molecule has 45 heavy (non-hydrogen) atoms. The predicted octanol–water partition coefficient (Wildman–Crippen LogP) is -0.00530. The van der Waals surface area contributed by atoms with Gasteiger partial charge in [0.05, 0.1) is 39.5 Å². The van der Waals surface area contributed by atoms with E-state index in [-0.39, 0.29) is 32.6 Å². The Labute approximate surface area is 261 Å². The first-order valence-corrected chi connectivity index (χ1v) is 14.5. The number of hydrogen-bond donors (Lipinski definition) is 5. The fourth-order valence-electron chi connectivity index (χ4n) is 4.47. The smallest absolute Gasteiger partial charge is 0.319 e. The predicted molar refractivity (Wildman–Crippen MR) is 159 cm³/mol. The highest BCUT2D eigenvalue weighted by atomic mass is 16.5. The van der Waals surface area contributed by atoms with Crippen molar-refractivity contribution >= 4 is 29.8 Å². The molecule has 0 radical (unpaired) electrons. The van der Waals surface area contributed by atoms with E-state index in [9.17, 15) is 49.5 Å². The third kappa shape index (κ3) is 17.3. The summed E-state index contributed by atoms with van der Waals surface area (Å²) >= 11 is 0. The molecule has 0 aliphatic rings. The normalized spacial score (nSPS) is 12.1. The molecule has 0 bridgehead atoms. The molecule has 254 valence electrons. The van der Waals surface area contributed by atoms with Crippen molar-refractivity contribution in [2.24, 2.45) is 5.92 Å². The number of rotatable bonds is 27. The van der Waals surface area contributed by atoms with E-state index in [0.717, 1.165) is 10.5 Å². The Bertz CT molecular complexity index is 1060. The number of aliphatic carboxylic acids is 5. The molecule has 16 heteroatoms. The third-order valence-corrected chi connectivity index (χ3v) is 6.70. The molecule has 0 saturated heterocycles. The molecule has 0 aliphatic carbocycles. The number of carboxylic acids is 5. The molecule has 5 N–H and O–H groups in total. The average molecular weight is 644 g/mol. The summed E-state index contributed by atoms with van der Waals surface area (Å²) in [6.07, 6.45) is 0.181. The fourth-order valence-corrected chi connectivity index (χ4v) is 4.47. The molecule has 1 unspecified atom stereocenters. The zero-order chi connectivity index (χ0) is 33.8. The van der Waals surface area contributed by atoms with Crippen LogP contribution in [0.5, 0.6) is 5.75 Å². The summed E-state index contributed by atoms with van der Waals surface area (Å²) in [6, 6.07) is 6.19. The van der Waals surface area contributed by atoms with E-state index >= 15 is 0 Å². The van der Waals surface area contributed by atoms with Crippen molar-refractivity contribution in [2.75, 3.05) is 85.4 Å². The first-order valence-electron chi connectivity index (χ1n) is 14.5. The maximum absolute atomic E-state index is 11.9. The Balaban J connectivity index is 3.22. The van der Waals surface area contributed by atoms with Crippen LogP contribution in [0.2, 0.25) is 0 Å². The Morgan fingerprint density at radius 1 is 0.689 bits per heavy atom. The Hall–Kier alpha value is -3.83. The molecule has 1 rings (SSSR count). The number of nitrogens with zero attached hydrogens (tertiary/aromatic N) is 3. The van der Waals surface area contributed by atoms with Crippen LogP contribution in [-0.2, 0) is 39.9 Å². The fraction of sp³-hybridized carbons (Fsp3) is 0.621. The van der Waals surface area contributed by atoms with Crippen molar-refractivity contribution in [3.8, 4) is 5.75 Å². The van der Waals surface area contributed by atoms with Gasteiger partial charge in [0.15, 0.2) is 5.92 Å². The second-order valence-electron chi connectivity index (χ2n) is 10.1. The Morgan fingerprint density at radius 3 is 1.78 bits per heavy atom. The van der Waals surface area contributed by atoms with Crippen molar-refractivity contribution in [3.63, 3.8) is 0 Å². The standard InChI is InChI=1S/C29H45N3O13/c1-3-30(18-25(33)34)9-10-32(20-27(37)38)22(16-31(19-26(35)36)17-24(28(39)40)29(41)42)15-21-5-7-23(8-6-21)45-14-13-44-12-11-43-4-2/h5-8,22,24H,3-4,9-20H2,1-2H3,(H,33,34)(H,35,36)(H,37,38)(H,39,40)(H,41,42). The van der Waals surface area contributed by atoms with Gasteiger partial charge in [-0.3, -0.25) is 38.7 Å². The summed E-state index contributed by atoms with van der Waals surface area (Å²) in [4.78, 5) is 62.2. The van der Waals surface area contributed by atoms with Crippen LogP contribution in [0.15, 0.2) is 24.3 Å². The van der Waals surface area contributed by atoms with E-state index in [1.807, 2.05) is 6.92 Å². The van der Waals surface area contributed by atoms with Gasteiger partial charge in [-0.25, -0.2) is 0 Å². The van der Waals surface area contributed by atoms with Crippen molar-refractivity contribution in [2.45, 2.75) is 26.3 Å². The summed E-state index contributed by atoms with van der Waals surface area (Å²) in [5.41, 5.74) is 0.719. The van der Waals surface area contributed by atoms with Gasteiger partial charge in [0.2, 0.25) is 0 Å². The van der Waals surface area contributed by atoms with Gasteiger partial charge >= 0.3 is 29.8 Å². The second kappa shape index (κ2) is 21.8. The van der Waals surface area contributed by atoms with Gasteiger partial charge in [0.1, 0.15) is 12.4 Å². The molecule has 0 heterocycles. The van der Waals surface area contributed by atoms with Crippen LogP contribution >= 0.6 is 0 Å². The molecule has 0 saturated carbocycles. The Kier molecular flexibility index (Phi) is 19.0. The van der Waals surface area contributed by atoms with E-state index in [1.165, 1.54) is 0 Å². The van der Waals surface area contributed by atoms with Crippen molar-refractivity contribution in [3.05, 3.63) is 29.8 Å². The van der Waals surface area contributed by atoms with Gasteiger partial charge < -0.3 is 39.7 Å². The number of carboxylic acid groups (broad SMARTS) is 5. The lowest BCUT2D eigenvalue weighted by molar-refractivity contribution is -0.156. The quantitative estimate of drug-likeness (QED) is 0.0628. The highest BCUT2D eigenvalue weighted by molar-refractivity contribution is 5.93. The lowest BCUT2D eigenvalue weighted by atomic mass is 10.0. The minimum Gasteiger partial charge on any atom is -0.491 e. The van der Waals surface area contributed by atoms with Gasteiger partial charge in [-0.2, -0.15) is 0 Å². The number of carbonyl (C=O) groups is 5. The molecular formula is C29H45N3O13. The van der Waals surface area contributed by atoms with E-state index in [0.29, 0.717) is 45.3 Å². The van der Waals surface area contributed by atoms with Crippen LogP contribution in [-0.4, -0.2) is 162 Å². The van der Waals surface area contributed by atoms with Crippen LogP contribution in [0, 0.1) is 5.92 Å². The zero-order valence-electron chi connectivity index (χ0n) is 25.7. The third-order valence-electron chi connectivity index (χ3n) is 6.70. The molecule has 1 aromatic carbocycles. The van der Waals surface area contributed by atoms with Crippen LogP contribution in [0.3, 0.4) is 0 Å². The average Bonchev–Trinajstić information content (AvgIpc) is 2.96. The summed E-state index contributed by atoms with van der Waals surface area (Å²) in [7, 11) is 0. The van der Waals surface area contributed by atoms with Gasteiger partial charge in [0.25, 0.3) is 0 Å². The maximum atomic E-state index is 11.9. The lowest BCUT2D eigenvalue weighted by Gasteiger charge is -2.36. The molecule has 16 nitrogen and oxygen atoms in total. The van der Waals surface area contributed by atoms with Crippen molar-refractivity contribution < 1.29 is 63.7 Å².